The second kappa shape index (κ2) is 6.42. The van der Waals surface area contributed by atoms with Crippen LogP contribution in [0.25, 0.3) is 0 Å². The van der Waals surface area contributed by atoms with Gasteiger partial charge in [0.2, 0.25) is 0 Å². The molecule has 1 rings (SSSR count). The summed E-state index contributed by atoms with van der Waals surface area (Å²) in [6.45, 7) is 4.22. The lowest BCUT2D eigenvalue weighted by Gasteiger charge is -2.15. The Labute approximate surface area is 112 Å². The molecule has 0 fully saturated rings. The first-order valence-corrected chi connectivity index (χ1v) is 6.16. The van der Waals surface area contributed by atoms with Crippen LogP contribution in [0.15, 0.2) is 18.2 Å². The van der Waals surface area contributed by atoms with E-state index in [0.29, 0.717) is 22.9 Å². The molecule has 0 heterocycles. The molecule has 4 heteroatoms. The normalized spacial score (nSPS) is 10.8. The monoisotopic (exact) mass is 265 g/mol. The fraction of sp³-hybridized carbons (Fsp3) is 0.429. The molecule has 1 aromatic rings. The van der Waals surface area contributed by atoms with Gasteiger partial charge in [0.1, 0.15) is 5.75 Å². The largest absolute Gasteiger partial charge is 0.491 e. The third kappa shape index (κ3) is 4.05. The number of hydrogen-bond donors (Lipinski definition) is 0. The third-order valence-electron chi connectivity index (χ3n) is 2.62. The van der Waals surface area contributed by atoms with Gasteiger partial charge in [0.05, 0.1) is 28.7 Å². The van der Waals surface area contributed by atoms with Crippen molar-refractivity contribution < 1.29 is 9.53 Å². The zero-order valence-corrected chi connectivity index (χ0v) is 11.3. The minimum atomic E-state index is -0.350. The number of halogens is 1. The van der Waals surface area contributed by atoms with E-state index in [0.717, 1.165) is 19.1 Å². The van der Waals surface area contributed by atoms with E-state index >= 15 is 0 Å². The van der Waals surface area contributed by atoms with Crippen molar-refractivity contribution in [2.45, 2.75) is 26.7 Å². The molecule has 0 saturated heterocycles. The lowest BCUT2D eigenvalue weighted by molar-refractivity contribution is 0.111. The molecule has 0 aliphatic heterocycles. The van der Waals surface area contributed by atoms with E-state index in [1.165, 1.54) is 0 Å². The highest BCUT2D eigenvalue weighted by Gasteiger charge is 2.16. The maximum absolute atomic E-state index is 10.8. The first-order chi connectivity index (χ1) is 8.50. The summed E-state index contributed by atoms with van der Waals surface area (Å²) < 4.78 is 5.53. The van der Waals surface area contributed by atoms with Gasteiger partial charge in [-0.1, -0.05) is 17.7 Å². The van der Waals surface area contributed by atoms with Gasteiger partial charge in [-0.25, -0.2) is 0 Å². The van der Waals surface area contributed by atoms with E-state index in [2.05, 4.69) is 6.07 Å². The molecule has 0 spiro atoms. The van der Waals surface area contributed by atoms with Gasteiger partial charge in [-0.2, -0.15) is 5.26 Å². The van der Waals surface area contributed by atoms with Crippen molar-refractivity contribution in [1.82, 2.24) is 0 Å². The number of benzene rings is 1. The number of aldehydes is 1. The highest BCUT2D eigenvalue weighted by Crippen LogP contribution is 2.28. The van der Waals surface area contributed by atoms with Crippen molar-refractivity contribution in [2.75, 3.05) is 6.61 Å². The molecule has 0 amide bonds. The number of ether oxygens (including phenoxy) is 1. The minimum absolute atomic E-state index is 0.350. The van der Waals surface area contributed by atoms with Crippen LogP contribution >= 0.6 is 11.6 Å². The average molecular weight is 266 g/mol. The highest BCUT2D eigenvalue weighted by molar-refractivity contribution is 6.32. The average Bonchev–Trinajstić information content (AvgIpc) is 2.36. The zero-order valence-electron chi connectivity index (χ0n) is 10.6. The molecule has 0 bridgehead atoms. The molecule has 96 valence electrons. The first kappa shape index (κ1) is 14.5. The van der Waals surface area contributed by atoms with Crippen LogP contribution in [0.1, 0.15) is 37.0 Å². The minimum Gasteiger partial charge on any atom is -0.491 e. The quantitative estimate of drug-likeness (QED) is 0.580. The Morgan fingerprint density at radius 3 is 2.83 bits per heavy atom. The van der Waals surface area contributed by atoms with Crippen molar-refractivity contribution in [3.63, 3.8) is 0 Å². The van der Waals surface area contributed by atoms with Crippen LogP contribution in [0, 0.1) is 16.7 Å². The van der Waals surface area contributed by atoms with Gasteiger partial charge < -0.3 is 4.74 Å². The molecule has 3 nitrogen and oxygen atoms in total. The van der Waals surface area contributed by atoms with Gasteiger partial charge in [0.25, 0.3) is 0 Å². The lowest BCUT2D eigenvalue weighted by atomic mass is 9.90. The Morgan fingerprint density at radius 2 is 2.22 bits per heavy atom. The number of hydrogen-bond acceptors (Lipinski definition) is 3. The van der Waals surface area contributed by atoms with E-state index in [4.69, 9.17) is 21.6 Å². The van der Waals surface area contributed by atoms with Gasteiger partial charge in [0, 0.05) is 0 Å². The van der Waals surface area contributed by atoms with Crippen molar-refractivity contribution in [3.8, 4) is 11.8 Å². The molecule has 0 aliphatic rings. The predicted octanol–water partition coefficient (Wildman–Crippen LogP) is 3.86. The maximum Gasteiger partial charge on any atom is 0.153 e. The number of para-hydroxylation sites is 1. The molecular formula is C14H16ClNO2. The summed E-state index contributed by atoms with van der Waals surface area (Å²) in [6, 6.07) is 7.29. The van der Waals surface area contributed by atoms with Crippen LogP contribution in [0.3, 0.4) is 0 Å². The molecule has 0 atom stereocenters. The summed E-state index contributed by atoms with van der Waals surface area (Å²) in [4.78, 5) is 10.8. The number of carbonyl (C=O) groups excluding carboxylic acids is 1. The van der Waals surface area contributed by atoms with Gasteiger partial charge in [-0.15, -0.1) is 0 Å². The Hall–Kier alpha value is -1.53. The molecule has 0 unspecified atom stereocenters. The summed E-state index contributed by atoms with van der Waals surface area (Å²) in [7, 11) is 0. The van der Waals surface area contributed by atoms with Crippen LogP contribution in [-0.4, -0.2) is 12.9 Å². The molecule has 1 aromatic carbocycles. The summed E-state index contributed by atoms with van der Waals surface area (Å²) in [5, 5.41) is 9.31. The van der Waals surface area contributed by atoms with Gasteiger partial charge >= 0.3 is 0 Å². The molecule has 0 saturated carbocycles. The maximum atomic E-state index is 10.8. The molecule has 0 N–H and O–H groups in total. The second-order valence-electron chi connectivity index (χ2n) is 4.72. The summed E-state index contributed by atoms with van der Waals surface area (Å²) in [6.07, 6.45) is 2.20. The van der Waals surface area contributed by atoms with Crippen molar-refractivity contribution in [2.24, 2.45) is 5.41 Å². The number of nitriles is 1. The standard InChI is InChI=1S/C14H16ClNO2/c1-14(2,10-16)7-4-8-18-13-11(9-17)5-3-6-12(13)15/h3,5-6,9H,4,7-8H2,1-2H3. The number of carbonyl (C=O) groups is 1. The van der Waals surface area contributed by atoms with Crippen molar-refractivity contribution >= 4 is 17.9 Å². The van der Waals surface area contributed by atoms with Crippen LogP contribution in [0.5, 0.6) is 5.75 Å². The fourth-order valence-corrected chi connectivity index (χ4v) is 1.75. The second-order valence-corrected chi connectivity index (χ2v) is 5.13. The summed E-state index contributed by atoms with van der Waals surface area (Å²) >= 11 is 5.97. The number of rotatable bonds is 6. The Bertz CT molecular complexity index is 463. The van der Waals surface area contributed by atoms with Crippen molar-refractivity contribution in [1.29, 1.82) is 5.26 Å². The Kier molecular flexibility index (Phi) is 5.18. The smallest absolute Gasteiger partial charge is 0.153 e. The summed E-state index contributed by atoms with van der Waals surface area (Å²) in [5.41, 5.74) is 0.0965. The first-order valence-electron chi connectivity index (χ1n) is 5.78. The van der Waals surface area contributed by atoms with E-state index in [9.17, 15) is 4.79 Å². The molecular weight excluding hydrogens is 250 g/mol. The molecule has 0 aromatic heterocycles. The molecule has 0 aliphatic carbocycles. The topological polar surface area (TPSA) is 50.1 Å². The number of nitrogens with zero attached hydrogens (tertiary/aromatic N) is 1. The van der Waals surface area contributed by atoms with E-state index in [1.807, 2.05) is 13.8 Å². The van der Waals surface area contributed by atoms with Crippen LogP contribution < -0.4 is 4.74 Å². The SMILES string of the molecule is CC(C)(C#N)CCCOc1c(Cl)cccc1C=O. The van der Waals surface area contributed by atoms with Crippen molar-refractivity contribution in [3.05, 3.63) is 28.8 Å². The Balaban J connectivity index is 2.55. The zero-order chi connectivity index (χ0) is 13.6. The van der Waals surface area contributed by atoms with Gasteiger partial charge in [0.15, 0.2) is 6.29 Å². The highest BCUT2D eigenvalue weighted by atomic mass is 35.5. The van der Waals surface area contributed by atoms with E-state index in [1.54, 1.807) is 18.2 Å². The lowest BCUT2D eigenvalue weighted by Crippen LogP contribution is -2.10. The van der Waals surface area contributed by atoms with Gasteiger partial charge in [-0.3, -0.25) is 4.79 Å². The molecule has 0 radical (unpaired) electrons. The van der Waals surface area contributed by atoms with Gasteiger partial charge in [-0.05, 0) is 38.8 Å². The van der Waals surface area contributed by atoms with Crippen LogP contribution in [-0.2, 0) is 0 Å². The molecule has 18 heavy (non-hydrogen) atoms. The summed E-state index contributed by atoms with van der Waals surface area (Å²) in [5.74, 6) is 0.420. The van der Waals surface area contributed by atoms with Crippen LogP contribution in [0.4, 0.5) is 0 Å². The fourth-order valence-electron chi connectivity index (χ4n) is 1.51. The van der Waals surface area contributed by atoms with E-state index in [-0.39, 0.29) is 5.41 Å². The van der Waals surface area contributed by atoms with Crippen LogP contribution in [0.2, 0.25) is 5.02 Å². The van der Waals surface area contributed by atoms with E-state index < -0.39 is 0 Å². The third-order valence-corrected chi connectivity index (χ3v) is 2.92. The Morgan fingerprint density at radius 1 is 1.50 bits per heavy atom. The predicted molar refractivity (Wildman–Crippen MR) is 71.0 cm³/mol.